The molecule has 1 heteroatoms. The van der Waals surface area contributed by atoms with Crippen LogP contribution in [0.25, 0.3) is 0 Å². The Kier molecular flexibility index (Phi) is 4.84. The van der Waals surface area contributed by atoms with Gasteiger partial charge in [0.15, 0.2) is 0 Å². The van der Waals surface area contributed by atoms with Crippen LogP contribution in [-0.2, 0) is 0 Å². The van der Waals surface area contributed by atoms with Gasteiger partial charge in [0.1, 0.15) is 0 Å². The Labute approximate surface area is 77.2 Å². The van der Waals surface area contributed by atoms with Crippen molar-refractivity contribution in [2.75, 3.05) is 0 Å². The van der Waals surface area contributed by atoms with Gasteiger partial charge in [0.25, 0.3) is 0 Å². The number of hydrogen-bond donors (Lipinski definition) is 1. The molecule has 2 atom stereocenters. The van der Waals surface area contributed by atoms with Crippen molar-refractivity contribution in [1.82, 2.24) is 0 Å². The quantitative estimate of drug-likeness (QED) is 0.595. The van der Waals surface area contributed by atoms with Crippen molar-refractivity contribution >= 4 is 0 Å². The van der Waals surface area contributed by atoms with Gasteiger partial charge in [-0.3, -0.25) is 0 Å². The second-order valence-corrected chi connectivity index (χ2v) is 4.53. The molecule has 1 aliphatic carbocycles. The maximum atomic E-state index is 9.26. The molecule has 1 rings (SSSR count). The van der Waals surface area contributed by atoms with Gasteiger partial charge < -0.3 is 5.11 Å². The van der Waals surface area contributed by atoms with Crippen LogP contribution in [-0.4, -0.2) is 11.2 Å². The Bertz CT molecular complexity index is 113. The van der Waals surface area contributed by atoms with Crippen LogP contribution in [0.1, 0.15) is 53.9 Å². The topological polar surface area (TPSA) is 20.2 Å². The van der Waals surface area contributed by atoms with Crippen molar-refractivity contribution < 1.29 is 5.11 Å². The van der Waals surface area contributed by atoms with Crippen LogP contribution in [0.15, 0.2) is 0 Å². The van der Waals surface area contributed by atoms with Crippen molar-refractivity contribution in [3.8, 4) is 0 Å². The van der Waals surface area contributed by atoms with E-state index >= 15 is 0 Å². The molecule has 74 valence electrons. The maximum absolute atomic E-state index is 9.26. The summed E-state index contributed by atoms with van der Waals surface area (Å²) < 4.78 is 0. The molecule has 0 spiro atoms. The third-order valence-corrected chi connectivity index (χ3v) is 2.63. The molecule has 0 aromatic carbocycles. The molecule has 1 N–H and O–H groups in total. The summed E-state index contributed by atoms with van der Waals surface area (Å²) in [5.41, 5.74) is 0.400. The van der Waals surface area contributed by atoms with Crippen LogP contribution in [0.4, 0.5) is 0 Å². The van der Waals surface area contributed by atoms with Gasteiger partial charge in [0.2, 0.25) is 0 Å². The van der Waals surface area contributed by atoms with Gasteiger partial charge in [-0.05, 0) is 30.6 Å². The van der Waals surface area contributed by atoms with E-state index in [0.717, 1.165) is 18.8 Å². The Morgan fingerprint density at radius 2 is 1.58 bits per heavy atom. The van der Waals surface area contributed by atoms with Gasteiger partial charge in [-0.2, -0.15) is 0 Å². The number of aliphatic hydroxyl groups is 1. The van der Waals surface area contributed by atoms with Gasteiger partial charge in [-0.15, -0.1) is 0 Å². The summed E-state index contributed by atoms with van der Waals surface area (Å²) >= 11 is 0. The SMILES string of the molecule is CC.CC(C)(C)C1CCC(O)C1. The largest absolute Gasteiger partial charge is 0.393 e. The highest BCUT2D eigenvalue weighted by Gasteiger charge is 2.31. The Balaban J connectivity index is 0.000000561. The molecule has 1 saturated carbocycles. The average Bonchev–Trinajstić information content (AvgIpc) is 2.39. The minimum Gasteiger partial charge on any atom is -0.393 e. The van der Waals surface area contributed by atoms with E-state index in [1.165, 1.54) is 6.42 Å². The summed E-state index contributed by atoms with van der Waals surface area (Å²) in [4.78, 5) is 0. The molecule has 0 amide bonds. The first-order valence-corrected chi connectivity index (χ1v) is 5.18. The molecule has 1 nitrogen and oxygen atoms in total. The van der Waals surface area contributed by atoms with E-state index in [1.54, 1.807) is 0 Å². The maximum Gasteiger partial charge on any atom is 0.0543 e. The van der Waals surface area contributed by atoms with E-state index in [-0.39, 0.29) is 6.10 Å². The van der Waals surface area contributed by atoms with E-state index in [0.29, 0.717) is 5.41 Å². The number of aliphatic hydroxyl groups excluding tert-OH is 1. The molecule has 0 bridgehead atoms. The first kappa shape index (κ1) is 12.0. The van der Waals surface area contributed by atoms with Gasteiger partial charge >= 0.3 is 0 Å². The number of hydrogen-bond acceptors (Lipinski definition) is 1. The lowest BCUT2D eigenvalue weighted by Crippen LogP contribution is -2.18. The summed E-state index contributed by atoms with van der Waals surface area (Å²) in [6.45, 7) is 10.8. The lowest BCUT2D eigenvalue weighted by molar-refractivity contribution is 0.158. The molecule has 2 unspecified atom stereocenters. The fourth-order valence-corrected chi connectivity index (χ4v) is 1.74. The molecular formula is C11H24O. The Morgan fingerprint density at radius 3 is 1.75 bits per heavy atom. The molecule has 0 heterocycles. The third kappa shape index (κ3) is 3.57. The van der Waals surface area contributed by atoms with Crippen LogP contribution >= 0.6 is 0 Å². The van der Waals surface area contributed by atoms with Gasteiger partial charge in [-0.25, -0.2) is 0 Å². The molecule has 0 aliphatic heterocycles. The fraction of sp³-hybridized carbons (Fsp3) is 1.00. The molecule has 12 heavy (non-hydrogen) atoms. The van der Waals surface area contributed by atoms with Gasteiger partial charge in [0, 0.05) is 0 Å². The lowest BCUT2D eigenvalue weighted by Gasteiger charge is -2.26. The van der Waals surface area contributed by atoms with Crippen LogP contribution < -0.4 is 0 Å². The highest BCUT2D eigenvalue weighted by atomic mass is 16.3. The van der Waals surface area contributed by atoms with Crippen molar-refractivity contribution in [1.29, 1.82) is 0 Å². The van der Waals surface area contributed by atoms with Crippen LogP contribution in [0.2, 0.25) is 0 Å². The Morgan fingerprint density at radius 1 is 1.08 bits per heavy atom. The van der Waals surface area contributed by atoms with Crippen LogP contribution in [0.5, 0.6) is 0 Å². The van der Waals surface area contributed by atoms with Crippen LogP contribution in [0.3, 0.4) is 0 Å². The molecular weight excluding hydrogens is 148 g/mol. The standard InChI is InChI=1S/C9H18O.C2H6/c1-9(2,3)7-4-5-8(10)6-7;1-2/h7-8,10H,4-6H2,1-3H3;1-2H3. The van der Waals surface area contributed by atoms with E-state index in [4.69, 9.17) is 0 Å². The van der Waals surface area contributed by atoms with E-state index in [1.807, 2.05) is 13.8 Å². The van der Waals surface area contributed by atoms with Crippen molar-refractivity contribution in [2.24, 2.45) is 11.3 Å². The van der Waals surface area contributed by atoms with Crippen molar-refractivity contribution in [3.05, 3.63) is 0 Å². The number of rotatable bonds is 0. The summed E-state index contributed by atoms with van der Waals surface area (Å²) in [6, 6.07) is 0. The molecule has 0 radical (unpaired) electrons. The normalized spacial score (nSPS) is 29.5. The first-order valence-electron chi connectivity index (χ1n) is 5.18. The second kappa shape index (κ2) is 4.86. The van der Waals surface area contributed by atoms with Gasteiger partial charge in [0.05, 0.1) is 6.10 Å². The summed E-state index contributed by atoms with van der Waals surface area (Å²) in [6.07, 6.45) is 3.24. The van der Waals surface area contributed by atoms with Gasteiger partial charge in [-0.1, -0.05) is 34.6 Å². The summed E-state index contributed by atoms with van der Waals surface area (Å²) in [5.74, 6) is 0.738. The summed E-state index contributed by atoms with van der Waals surface area (Å²) in [7, 11) is 0. The third-order valence-electron chi connectivity index (χ3n) is 2.63. The molecule has 0 aromatic rings. The molecule has 0 aromatic heterocycles. The smallest absolute Gasteiger partial charge is 0.0543 e. The second-order valence-electron chi connectivity index (χ2n) is 4.53. The highest BCUT2D eigenvalue weighted by Crippen LogP contribution is 2.38. The predicted molar refractivity (Wildman–Crippen MR) is 54.2 cm³/mol. The fourth-order valence-electron chi connectivity index (χ4n) is 1.74. The Hall–Kier alpha value is -0.0400. The zero-order valence-corrected chi connectivity index (χ0v) is 9.22. The van der Waals surface area contributed by atoms with Crippen LogP contribution in [0, 0.1) is 11.3 Å². The van der Waals surface area contributed by atoms with Crippen molar-refractivity contribution in [2.45, 2.75) is 60.0 Å². The van der Waals surface area contributed by atoms with E-state index < -0.39 is 0 Å². The van der Waals surface area contributed by atoms with E-state index in [9.17, 15) is 5.11 Å². The zero-order chi connectivity index (χ0) is 9.78. The lowest BCUT2D eigenvalue weighted by atomic mass is 9.80. The monoisotopic (exact) mass is 172 g/mol. The first-order chi connectivity index (χ1) is 5.50. The van der Waals surface area contributed by atoms with Crippen molar-refractivity contribution in [3.63, 3.8) is 0 Å². The van der Waals surface area contributed by atoms with E-state index in [2.05, 4.69) is 20.8 Å². The minimum absolute atomic E-state index is 0.00998. The molecule has 0 saturated heterocycles. The zero-order valence-electron chi connectivity index (χ0n) is 9.22. The average molecular weight is 172 g/mol. The summed E-state index contributed by atoms with van der Waals surface area (Å²) in [5, 5.41) is 9.26. The highest BCUT2D eigenvalue weighted by molar-refractivity contribution is 4.82. The molecule has 1 fully saturated rings. The minimum atomic E-state index is -0.00998. The predicted octanol–water partition coefficient (Wildman–Crippen LogP) is 3.22. The molecule has 1 aliphatic rings.